The highest BCUT2D eigenvalue weighted by atomic mass is 32.3. The van der Waals surface area contributed by atoms with Gasteiger partial charge in [-0.25, -0.2) is 3.63 Å². The lowest BCUT2D eigenvalue weighted by Crippen LogP contribution is -2.14. The third kappa shape index (κ3) is 5.48. The van der Waals surface area contributed by atoms with E-state index in [1.54, 1.807) is 31.6 Å². The fraction of sp³-hybridized carbons (Fsp3) is 0.500. The van der Waals surface area contributed by atoms with Crippen LogP contribution in [0, 0.1) is 10.1 Å². The van der Waals surface area contributed by atoms with Gasteiger partial charge in [0.15, 0.2) is 0 Å². The van der Waals surface area contributed by atoms with E-state index in [9.17, 15) is 18.5 Å². The molecule has 0 aromatic heterocycles. The lowest BCUT2D eigenvalue weighted by molar-refractivity contribution is -0.384. The van der Waals surface area contributed by atoms with Crippen LogP contribution in [0.3, 0.4) is 0 Å². The molecule has 0 aliphatic rings. The summed E-state index contributed by atoms with van der Waals surface area (Å²) in [7, 11) is -5.40. The van der Waals surface area contributed by atoms with Gasteiger partial charge in [-0.1, -0.05) is 19.1 Å². The Morgan fingerprint density at radius 1 is 1.30 bits per heavy atom. The van der Waals surface area contributed by atoms with Crippen molar-refractivity contribution in [2.24, 2.45) is 0 Å². The molecule has 0 bridgehead atoms. The predicted octanol–water partition coefficient (Wildman–Crippen LogP) is 2.83. The number of hydrogen-bond donors (Lipinski definition) is 0. The van der Waals surface area contributed by atoms with Crippen LogP contribution < -0.4 is 0 Å². The number of non-ortho nitro benzene ring substituents is 1. The van der Waals surface area contributed by atoms with E-state index in [0.29, 0.717) is 17.7 Å². The fourth-order valence-corrected chi connectivity index (χ4v) is 5.94. The lowest BCUT2D eigenvalue weighted by atomic mass is 10.2. The zero-order valence-corrected chi connectivity index (χ0v) is 13.4. The van der Waals surface area contributed by atoms with Crippen LogP contribution in [-0.4, -0.2) is 31.6 Å². The molecule has 8 heteroatoms. The van der Waals surface area contributed by atoms with Crippen molar-refractivity contribution in [2.75, 3.05) is 18.3 Å². The standard InChI is InChI=1S/C12H19NO5S2/c1-4-8-20(16,17)18-19(2,3)10-11-6-5-7-12(9-11)13(14)15/h5-7,9H,4,8,10H2,1-3H3. The molecule has 0 N–H and O–H groups in total. The smallest absolute Gasteiger partial charge is 0.258 e. The summed E-state index contributed by atoms with van der Waals surface area (Å²) in [6.45, 7) is 1.77. The molecule has 0 saturated heterocycles. The molecule has 6 nitrogen and oxygen atoms in total. The summed E-state index contributed by atoms with van der Waals surface area (Å²) < 4.78 is 28.7. The van der Waals surface area contributed by atoms with Gasteiger partial charge in [0.1, 0.15) is 0 Å². The summed E-state index contributed by atoms with van der Waals surface area (Å²) >= 11 is 0. The SMILES string of the molecule is CCCS(=O)(=O)OS(C)(C)Cc1cccc([N+](=O)[O-])c1. The lowest BCUT2D eigenvalue weighted by Gasteiger charge is -2.29. The monoisotopic (exact) mass is 321 g/mol. The second-order valence-corrected chi connectivity index (χ2v) is 10.1. The summed E-state index contributed by atoms with van der Waals surface area (Å²) in [6, 6.07) is 6.17. The van der Waals surface area contributed by atoms with Crippen LogP contribution in [0.15, 0.2) is 24.3 Å². The van der Waals surface area contributed by atoms with Crippen molar-refractivity contribution < 1.29 is 17.0 Å². The Bertz CT molecular complexity index is 583. The average molecular weight is 321 g/mol. The van der Waals surface area contributed by atoms with E-state index in [-0.39, 0.29) is 11.4 Å². The molecular formula is C12H19NO5S2. The van der Waals surface area contributed by atoms with Gasteiger partial charge in [-0.05, 0) is 24.5 Å². The molecule has 0 saturated carbocycles. The van der Waals surface area contributed by atoms with E-state index in [1.807, 2.05) is 0 Å². The van der Waals surface area contributed by atoms with Crippen molar-refractivity contribution in [3.63, 3.8) is 0 Å². The van der Waals surface area contributed by atoms with Crippen LogP contribution in [0.5, 0.6) is 0 Å². The number of nitrogens with zero attached hydrogens (tertiary/aromatic N) is 1. The Morgan fingerprint density at radius 2 is 1.95 bits per heavy atom. The third-order valence-electron chi connectivity index (χ3n) is 2.38. The molecule has 0 heterocycles. The van der Waals surface area contributed by atoms with Gasteiger partial charge in [0.25, 0.3) is 15.8 Å². The zero-order chi connectivity index (χ0) is 15.4. The predicted molar refractivity (Wildman–Crippen MR) is 81.4 cm³/mol. The van der Waals surface area contributed by atoms with Gasteiger partial charge in [0.2, 0.25) is 0 Å². The van der Waals surface area contributed by atoms with Crippen LogP contribution in [0.1, 0.15) is 18.9 Å². The summed E-state index contributed by atoms with van der Waals surface area (Å²) in [5.74, 6) is 0.343. The van der Waals surface area contributed by atoms with Crippen molar-refractivity contribution in [1.82, 2.24) is 0 Å². The highest BCUT2D eigenvalue weighted by molar-refractivity contribution is 8.31. The molecule has 1 aromatic rings. The maximum Gasteiger partial charge on any atom is 0.276 e. The summed E-state index contributed by atoms with van der Waals surface area (Å²) in [6.07, 6.45) is 3.97. The van der Waals surface area contributed by atoms with E-state index in [4.69, 9.17) is 3.63 Å². The summed E-state index contributed by atoms with van der Waals surface area (Å²) in [5, 5.41) is 10.7. The molecule has 1 rings (SSSR count). The summed E-state index contributed by atoms with van der Waals surface area (Å²) in [4.78, 5) is 10.2. The minimum atomic E-state index is -3.53. The minimum Gasteiger partial charge on any atom is -0.258 e. The van der Waals surface area contributed by atoms with Crippen molar-refractivity contribution >= 4 is 26.1 Å². The Morgan fingerprint density at radius 3 is 2.50 bits per heavy atom. The largest absolute Gasteiger partial charge is 0.276 e. The van der Waals surface area contributed by atoms with Crippen molar-refractivity contribution in [3.05, 3.63) is 39.9 Å². The molecule has 0 spiro atoms. The maximum absolute atomic E-state index is 11.7. The fourth-order valence-electron chi connectivity index (χ4n) is 1.75. The molecule has 0 aliphatic heterocycles. The summed E-state index contributed by atoms with van der Waals surface area (Å²) in [5.41, 5.74) is 0.694. The van der Waals surface area contributed by atoms with Gasteiger partial charge in [0, 0.05) is 17.9 Å². The molecule has 20 heavy (non-hydrogen) atoms. The van der Waals surface area contributed by atoms with Gasteiger partial charge in [-0.3, -0.25) is 10.1 Å². The zero-order valence-electron chi connectivity index (χ0n) is 11.7. The molecule has 0 unspecified atom stereocenters. The van der Waals surface area contributed by atoms with Crippen molar-refractivity contribution in [3.8, 4) is 0 Å². The molecule has 0 amide bonds. The first-order valence-corrected chi connectivity index (χ1v) is 10.2. The van der Waals surface area contributed by atoms with E-state index in [0.717, 1.165) is 0 Å². The van der Waals surface area contributed by atoms with E-state index in [1.165, 1.54) is 12.1 Å². The van der Waals surface area contributed by atoms with Crippen LogP contribution in [-0.2, 0) is 19.5 Å². The number of nitro groups is 1. The molecule has 0 fully saturated rings. The first kappa shape index (κ1) is 16.9. The number of nitro benzene ring substituents is 1. The Labute approximate surface area is 120 Å². The molecule has 0 aliphatic carbocycles. The Balaban J connectivity index is 2.85. The second kappa shape index (κ2) is 6.55. The van der Waals surface area contributed by atoms with Crippen LogP contribution in [0.25, 0.3) is 0 Å². The Kier molecular flexibility index (Phi) is 5.55. The molecule has 0 atom stereocenters. The molecule has 1 aromatic carbocycles. The maximum atomic E-state index is 11.7. The highest BCUT2D eigenvalue weighted by Crippen LogP contribution is 2.46. The van der Waals surface area contributed by atoms with Gasteiger partial charge in [-0.2, -0.15) is 8.42 Å². The quantitative estimate of drug-likeness (QED) is 0.569. The van der Waals surface area contributed by atoms with Crippen LogP contribution in [0.2, 0.25) is 0 Å². The number of hydrogen-bond acceptors (Lipinski definition) is 5. The number of rotatable bonds is 7. The van der Waals surface area contributed by atoms with E-state index >= 15 is 0 Å². The molecule has 114 valence electrons. The van der Waals surface area contributed by atoms with E-state index in [2.05, 4.69) is 0 Å². The normalized spacial score (nSPS) is 13.2. The highest BCUT2D eigenvalue weighted by Gasteiger charge is 2.23. The number of benzene rings is 1. The first-order valence-electron chi connectivity index (χ1n) is 6.03. The Hall–Kier alpha value is -1.12. The van der Waals surface area contributed by atoms with Gasteiger partial charge in [0.05, 0.1) is 10.7 Å². The van der Waals surface area contributed by atoms with Gasteiger partial charge >= 0.3 is 0 Å². The molecule has 0 radical (unpaired) electrons. The van der Waals surface area contributed by atoms with Crippen LogP contribution in [0.4, 0.5) is 5.69 Å². The van der Waals surface area contributed by atoms with Crippen LogP contribution >= 0.6 is 10.3 Å². The van der Waals surface area contributed by atoms with Gasteiger partial charge < -0.3 is 0 Å². The first-order chi connectivity index (χ1) is 9.15. The average Bonchev–Trinajstić information content (AvgIpc) is 2.26. The minimum absolute atomic E-state index is 0.00545. The van der Waals surface area contributed by atoms with Crippen molar-refractivity contribution in [2.45, 2.75) is 19.1 Å². The van der Waals surface area contributed by atoms with Gasteiger partial charge in [-0.15, -0.1) is 10.3 Å². The van der Waals surface area contributed by atoms with E-state index < -0.39 is 25.4 Å². The third-order valence-corrected chi connectivity index (χ3v) is 6.62. The van der Waals surface area contributed by atoms with Crippen molar-refractivity contribution in [1.29, 1.82) is 0 Å². The molecular weight excluding hydrogens is 302 g/mol. The second-order valence-electron chi connectivity index (χ2n) is 4.84. The topological polar surface area (TPSA) is 86.5 Å².